The number of nitrogens with one attached hydrogen (secondary N) is 3. The fraction of sp³-hybridized carbons (Fsp3) is 0.750. The van der Waals surface area contributed by atoms with E-state index in [1.54, 1.807) is 13.8 Å². The molecular weight excluding hydrogens is 438 g/mol. The molecule has 0 bridgehead atoms. The van der Waals surface area contributed by atoms with Crippen LogP contribution in [0, 0.1) is 5.92 Å². The number of carboxylic acid groups (broad SMARTS) is 2. The number of rotatable bonds is 16. The third kappa shape index (κ3) is 11.1. The maximum atomic E-state index is 12.8. The van der Waals surface area contributed by atoms with Crippen molar-refractivity contribution in [1.82, 2.24) is 16.0 Å². The van der Waals surface area contributed by atoms with E-state index in [1.165, 1.54) is 6.92 Å². The Morgan fingerprint density at radius 2 is 1.42 bits per heavy atom. The van der Waals surface area contributed by atoms with E-state index in [0.717, 1.165) is 0 Å². The van der Waals surface area contributed by atoms with Gasteiger partial charge in [-0.15, -0.1) is 0 Å². The molecule has 0 fully saturated rings. The monoisotopic (exact) mass is 475 g/mol. The van der Waals surface area contributed by atoms with Crippen LogP contribution in [0.3, 0.4) is 0 Å². The number of hydrogen-bond acceptors (Lipinski definition) is 8. The SMILES string of the molecule is CCC(C)C(NC(=O)C(CCCCN)NC(=O)C(CC(=O)O)NC(=O)C(N)C(C)O)C(=O)O. The van der Waals surface area contributed by atoms with Crippen molar-refractivity contribution < 1.29 is 39.3 Å². The van der Waals surface area contributed by atoms with E-state index in [-0.39, 0.29) is 12.3 Å². The molecule has 10 N–H and O–H groups in total. The fourth-order valence-corrected chi connectivity index (χ4v) is 2.84. The lowest BCUT2D eigenvalue weighted by Gasteiger charge is -2.26. The summed E-state index contributed by atoms with van der Waals surface area (Å²) in [6, 6.07) is -5.34. The average Bonchev–Trinajstić information content (AvgIpc) is 2.74. The Hall–Kier alpha value is -2.77. The highest BCUT2D eigenvalue weighted by Crippen LogP contribution is 2.10. The van der Waals surface area contributed by atoms with Gasteiger partial charge in [0.05, 0.1) is 12.5 Å². The molecule has 0 aliphatic rings. The van der Waals surface area contributed by atoms with Crippen LogP contribution in [0.1, 0.15) is 52.9 Å². The summed E-state index contributed by atoms with van der Waals surface area (Å²) in [5, 5.41) is 34.9. The molecular formula is C20H37N5O8. The molecule has 6 atom stereocenters. The Morgan fingerprint density at radius 3 is 1.88 bits per heavy atom. The smallest absolute Gasteiger partial charge is 0.326 e. The van der Waals surface area contributed by atoms with Crippen LogP contribution >= 0.6 is 0 Å². The molecule has 0 aliphatic heterocycles. The highest BCUT2D eigenvalue weighted by molar-refractivity contribution is 5.95. The molecule has 0 saturated heterocycles. The van der Waals surface area contributed by atoms with E-state index in [0.29, 0.717) is 25.8 Å². The third-order valence-electron chi connectivity index (χ3n) is 5.19. The summed E-state index contributed by atoms with van der Waals surface area (Å²) >= 11 is 0. The van der Waals surface area contributed by atoms with Gasteiger partial charge in [-0.2, -0.15) is 0 Å². The van der Waals surface area contributed by atoms with Crippen molar-refractivity contribution in [1.29, 1.82) is 0 Å². The quantitative estimate of drug-likeness (QED) is 0.113. The Balaban J connectivity index is 5.59. The molecule has 3 amide bonds. The Morgan fingerprint density at radius 1 is 0.879 bits per heavy atom. The molecule has 0 radical (unpaired) electrons. The Kier molecular flexibility index (Phi) is 13.9. The largest absolute Gasteiger partial charge is 0.481 e. The first-order valence-corrected chi connectivity index (χ1v) is 10.8. The maximum Gasteiger partial charge on any atom is 0.326 e. The molecule has 0 aliphatic carbocycles. The normalized spacial score (nSPS) is 16.4. The number of carboxylic acids is 2. The fourth-order valence-electron chi connectivity index (χ4n) is 2.84. The summed E-state index contributed by atoms with van der Waals surface area (Å²) in [5.74, 6) is -5.67. The Bertz CT molecular complexity index is 687. The van der Waals surface area contributed by atoms with Crippen molar-refractivity contribution in [3.05, 3.63) is 0 Å². The number of aliphatic hydroxyl groups is 1. The molecule has 13 heteroatoms. The van der Waals surface area contributed by atoms with Gasteiger partial charge >= 0.3 is 11.9 Å². The van der Waals surface area contributed by atoms with Gasteiger partial charge in [0.25, 0.3) is 0 Å². The van der Waals surface area contributed by atoms with E-state index >= 15 is 0 Å². The van der Waals surface area contributed by atoms with Crippen LogP contribution in [0.25, 0.3) is 0 Å². The summed E-state index contributed by atoms with van der Waals surface area (Å²) in [7, 11) is 0. The van der Waals surface area contributed by atoms with Gasteiger partial charge in [0, 0.05) is 0 Å². The first-order valence-electron chi connectivity index (χ1n) is 10.8. The van der Waals surface area contributed by atoms with Gasteiger partial charge in [-0.05, 0) is 38.6 Å². The number of carbonyl (C=O) groups is 5. The Labute approximate surface area is 192 Å². The number of nitrogens with two attached hydrogens (primary N) is 2. The minimum absolute atomic E-state index is 0.114. The van der Waals surface area contributed by atoms with Crippen LogP contribution in [-0.2, 0) is 24.0 Å². The summed E-state index contributed by atoms with van der Waals surface area (Å²) in [4.78, 5) is 60.4. The molecule has 0 aromatic carbocycles. The van der Waals surface area contributed by atoms with Gasteiger partial charge in [0.15, 0.2) is 0 Å². The zero-order valence-corrected chi connectivity index (χ0v) is 19.2. The van der Waals surface area contributed by atoms with Crippen LogP contribution in [0.15, 0.2) is 0 Å². The predicted octanol–water partition coefficient (Wildman–Crippen LogP) is -2.12. The third-order valence-corrected chi connectivity index (χ3v) is 5.19. The van der Waals surface area contributed by atoms with Crippen molar-refractivity contribution >= 4 is 29.7 Å². The molecule has 0 aromatic heterocycles. The summed E-state index contributed by atoms with van der Waals surface area (Å²) in [5.41, 5.74) is 11.0. The zero-order chi connectivity index (χ0) is 25.7. The van der Waals surface area contributed by atoms with Crippen LogP contribution in [0.4, 0.5) is 0 Å². The van der Waals surface area contributed by atoms with Gasteiger partial charge in [0.1, 0.15) is 24.2 Å². The highest BCUT2D eigenvalue weighted by atomic mass is 16.4. The number of amides is 3. The minimum atomic E-state index is -1.57. The van der Waals surface area contributed by atoms with E-state index in [1.807, 2.05) is 0 Å². The topological polar surface area (TPSA) is 234 Å². The number of carbonyl (C=O) groups excluding carboxylic acids is 3. The summed E-state index contributed by atoms with van der Waals surface area (Å²) in [6.45, 7) is 5.02. The molecule has 33 heavy (non-hydrogen) atoms. The van der Waals surface area contributed by atoms with Crippen LogP contribution < -0.4 is 27.4 Å². The lowest BCUT2D eigenvalue weighted by atomic mass is 9.98. The second-order valence-corrected chi connectivity index (χ2v) is 7.98. The second-order valence-electron chi connectivity index (χ2n) is 7.98. The van der Waals surface area contributed by atoms with E-state index in [9.17, 15) is 34.2 Å². The first kappa shape index (κ1) is 30.2. The molecule has 0 saturated carbocycles. The maximum absolute atomic E-state index is 12.8. The summed E-state index contributed by atoms with van der Waals surface area (Å²) in [6.07, 6.45) is -0.488. The van der Waals surface area contributed by atoms with E-state index < -0.39 is 66.4 Å². The average molecular weight is 476 g/mol. The van der Waals surface area contributed by atoms with Crippen LogP contribution in [-0.4, -0.2) is 81.8 Å². The standard InChI is InChI=1S/C20H37N5O8/c1-4-10(2)16(20(32)33)25-17(29)12(7-5-6-8-21)23-18(30)13(9-14(27)28)24-19(31)15(22)11(3)26/h10-13,15-16,26H,4-9,21-22H2,1-3H3,(H,23,30)(H,24,31)(H,25,29)(H,27,28)(H,32,33). The first-order chi connectivity index (χ1) is 15.3. The van der Waals surface area contributed by atoms with Gasteiger partial charge in [0.2, 0.25) is 17.7 Å². The van der Waals surface area contributed by atoms with Crippen LogP contribution in [0.2, 0.25) is 0 Å². The number of aliphatic carboxylic acids is 2. The molecule has 0 aromatic rings. The van der Waals surface area contributed by atoms with Crippen molar-refractivity contribution in [2.75, 3.05) is 6.54 Å². The predicted molar refractivity (Wildman–Crippen MR) is 118 cm³/mol. The summed E-state index contributed by atoms with van der Waals surface area (Å²) < 4.78 is 0. The lowest BCUT2D eigenvalue weighted by Crippen LogP contribution is -2.58. The van der Waals surface area contributed by atoms with Gasteiger partial charge in [-0.1, -0.05) is 20.3 Å². The molecule has 190 valence electrons. The number of hydrogen-bond donors (Lipinski definition) is 8. The van der Waals surface area contributed by atoms with Crippen molar-refractivity contribution in [2.24, 2.45) is 17.4 Å². The van der Waals surface area contributed by atoms with Crippen LogP contribution in [0.5, 0.6) is 0 Å². The van der Waals surface area contributed by atoms with E-state index in [4.69, 9.17) is 16.6 Å². The molecule has 0 rings (SSSR count). The number of unbranched alkanes of at least 4 members (excludes halogenated alkanes) is 1. The molecule has 0 spiro atoms. The van der Waals surface area contributed by atoms with Gasteiger partial charge < -0.3 is 42.7 Å². The van der Waals surface area contributed by atoms with E-state index in [2.05, 4.69) is 16.0 Å². The lowest BCUT2D eigenvalue weighted by molar-refractivity contribution is -0.144. The van der Waals surface area contributed by atoms with Gasteiger partial charge in [-0.25, -0.2) is 4.79 Å². The van der Waals surface area contributed by atoms with Crippen molar-refractivity contribution in [3.8, 4) is 0 Å². The molecule has 13 nitrogen and oxygen atoms in total. The van der Waals surface area contributed by atoms with Crippen molar-refractivity contribution in [3.63, 3.8) is 0 Å². The van der Waals surface area contributed by atoms with Gasteiger partial charge in [-0.3, -0.25) is 19.2 Å². The molecule has 6 unspecified atom stereocenters. The van der Waals surface area contributed by atoms with Crippen molar-refractivity contribution in [2.45, 2.75) is 83.1 Å². The zero-order valence-electron chi connectivity index (χ0n) is 19.2. The second kappa shape index (κ2) is 15.1. The number of aliphatic hydroxyl groups excluding tert-OH is 1. The highest BCUT2D eigenvalue weighted by Gasteiger charge is 2.33. The minimum Gasteiger partial charge on any atom is -0.481 e. The molecule has 0 heterocycles.